The highest BCUT2D eigenvalue weighted by molar-refractivity contribution is 5.81. The molecular formula is C9H19N3O2. The van der Waals surface area contributed by atoms with Crippen LogP contribution in [-0.4, -0.2) is 56.7 Å². The molecule has 3 N–H and O–H groups in total. The van der Waals surface area contributed by atoms with E-state index >= 15 is 0 Å². The van der Waals surface area contributed by atoms with Crippen LogP contribution in [0.1, 0.15) is 6.42 Å². The maximum absolute atomic E-state index is 11.5. The van der Waals surface area contributed by atoms with Gasteiger partial charge in [-0.3, -0.25) is 9.69 Å². The molecule has 1 amide bonds. The minimum absolute atomic E-state index is 0.0294. The Balaban J connectivity index is 2.45. The molecule has 82 valence electrons. The molecule has 5 heteroatoms. The first-order valence-corrected chi connectivity index (χ1v) is 5.03. The van der Waals surface area contributed by atoms with Crippen LogP contribution in [-0.2, 0) is 9.53 Å². The molecule has 1 fully saturated rings. The predicted octanol–water partition coefficient (Wildman–Crippen LogP) is -1.22. The molecule has 1 unspecified atom stereocenters. The first-order chi connectivity index (χ1) is 6.79. The summed E-state index contributed by atoms with van der Waals surface area (Å²) in [5.41, 5.74) is 5.44. The van der Waals surface area contributed by atoms with Crippen molar-refractivity contribution >= 4 is 5.91 Å². The largest absolute Gasteiger partial charge is 0.378 e. The topological polar surface area (TPSA) is 67.6 Å². The van der Waals surface area contributed by atoms with Crippen LogP contribution in [0.5, 0.6) is 0 Å². The van der Waals surface area contributed by atoms with Crippen molar-refractivity contribution in [3.63, 3.8) is 0 Å². The average molecular weight is 201 g/mol. The molecule has 1 rings (SSSR count). The van der Waals surface area contributed by atoms with Gasteiger partial charge in [-0.2, -0.15) is 0 Å². The number of carbonyl (C=O) groups is 1. The van der Waals surface area contributed by atoms with E-state index in [1.165, 1.54) is 0 Å². The van der Waals surface area contributed by atoms with Gasteiger partial charge in [0, 0.05) is 20.1 Å². The summed E-state index contributed by atoms with van der Waals surface area (Å²) in [5, 5.41) is 2.65. The number of hydrogen-bond acceptors (Lipinski definition) is 4. The summed E-state index contributed by atoms with van der Waals surface area (Å²) in [6, 6.07) is -0.139. The highest BCUT2D eigenvalue weighted by Crippen LogP contribution is 2.07. The minimum Gasteiger partial charge on any atom is -0.378 e. The Morgan fingerprint density at radius 1 is 1.71 bits per heavy atom. The molecule has 0 aromatic heterocycles. The molecule has 14 heavy (non-hydrogen) atoms. The van der Waals surface area contributed by atoms with Gasteiger partial charge in [-0.25, -0.2) is 0 Å². The monoisotopic (exact) mass is 201 g/mol. The number of hydrogen-bond donors (Lipinski definition) is 2. The van der Waals surface area contributed by atoms with Crippen LogP contribution in [0.4, 0.5) is 0 Å². The number of amides is 1. The molecule has 1 atom stereocenters. The Kier molecular flexibility index (Phi) is 4.86. The zero-order valence-electron chi connectivity index (χ0n) is 8.66. The number of rotatable bonds is 4. The molecule has 5 nitrogen and oxygen atoms in total. The zero-order chi connectivity index (χ0) is 10.4. The van der Waals surface area contributed by atoms with Crippen LogP contribution in [0, 0.1) is 0 Å². The van der Waals surface area contributed by atoms with Crippen molar-refractivity contribution in [2.24, 2.45) is 5.73 Å². The van der Waals surface area contributed by atoms with E-state index < -0.39 is 0 Å². The van der Waals surface area contributed by atoms with Gasteiger partial charge in [-0.1, -0.05) is 0 Å². The van der Waals surface area contributed by atoms with Crippen LogP contribution in [0.2, 0.25) is 0 Å². The van der Waals surface area contributed by atoms with Crippen LogP contribution in [0.25, 0.3) is 0 Å². The number of nitrogens with zero attached hydrogens (tertiary/aromatic N) is 1. The molecule has 0 spiro atoms. The lowest BCUT2D eigenvalue weighted by Crippen LogP contribution is -2.53. The lowest BCUT2D eigenvalue weighted by atomic mass is 10.2. The molecule has 1 aliphatic heterocycles. The molecule has 0 aromatic carbocycles. The highest BCUT2D eigenvalue weighted by Gasteiger charge is 2.27. The Hall–Kier alpha value is -0.650. The molecule has 0 aromatic rings. The zero-order valence-corrected chi connectivity index (χ0v) is 8.66. The van der Waals surface area contributed by atoms with E-state index in [4.69, 9.17) is 10.5 Å². The van der Waals surface area contributed by atoms with Crippen LogP contribution < -0.4 is 11.1 Å². The summed E-state index contributed by atoms with van der Waals surface area (Å²) in [7, 11) is 1.65. The fourth-order valence-corrected chi connectivity index (χ4v) is 1.61. The molecule has 0 bridgehead atoms. The number of likely N-dealkylation sites (N-methyl/N-ethyl adjacent to an activating group) is 1. The quantitative estimate of drug-likeness (QED) is 0.598. The van der Waals surface area contributed by atoms with Gasteiger partial charge >= 0.3 is 0 Å². The maximum atomic E-state index is 11.5. The van der Waals surface area contributed by atoms with Gasteiger partial charge in [0.2, 0.25) is 5.91 Å². The van der Waals surface area contributed by atoms with Crippen molar-refractivity contribution in [3.05, 3.63) is 0 Å². The molecule has 0 aliphatic carbocycles. The van der Waals surface area contributed by atoms with Crippen molar-refractivity contribution < 1.29 is 9.53 Å². The third-order valence-electron chi connectivity index (χ3n) is 2.44. The lowest BCUT2D eigenvalue weighted by molar-refractivity contribution is -0.132. The normalized spacial score (nSPS) is 23.4. The van der Waals surface area contributed by atoms with Crippen molar-refractivity contribution in [3.8, 4) is 0 Å². The second-order valence-corrected chi connectivity index (χ2v) is 3.38. The van der Waals surface area contributed by atoms with E-state index in [9.17, 15) is 4.79 Å². The average Bonchev–Trinajstić information content (AvgIpc) is 2.25. The van der Waals surface area contributed by atoms with Crippen molar-refractivity contribution in [1.29, 1.82) is 0 Å². The number of nitrogens with two attached hydrogens (primary N) is 1. The van der Waals surface area contributed by atoms with Gasteiger partial charge in [0.25, 0.3) is 0 Å². The van der Waals surface area contributed by atoms with Crippen molar-refractivity contribution in [2.45, 2.75) is 12.5 Å². The second kappa shape index (κ2) is 5.95. The third kappa shape index (κ3) is 2.94. The number of nitrogens with one attached hydrogen (secondary N) is 1. The lowest BCUT2D eigenvalue weighted by Gasteiger charge is -2.34. The van der Waals surface area contributed by atoms with E-state index in [-0.39, 0.29) is 11.9 Å². The van der Waals surface area contributed by atoms with E-state index in [0.717, 1.165) is 19.5 Å². The van der Waals surface area contributed by atoms with E-state index in [0.29, 0.717) is 19.8 Å². The van der Waals surface area contributed by atoms with Crippen LogP contribution in [0.15, 0.2) is 0 Å². The Labute approximate surface area is 84.6 Å². The standard InChI is InChI=1S/C9H19N3O2/c1-11-9(13)8-7-14-6-5-12(8)4-2-3-10/h8H,2-7,10H2,1H3,(H,11,13). The molecule has 1 saturated heterocycles. The second-order valence-electron chi connectivity index (χ2n) is 3.38. The minimum atomic E-state index is -0.139. The third-order valence-corrected chi connectivity index (χ3v) is 2.44. The van der Waals surface area contributed by atoms with Gasteiger partial charge in [-0.15, -0.1) is 0 Å². The van der Waals surface area contributed by atoms with Crippen LogP contribution in [0.3, 0.4) is 0 Å². The molecule has 0 radical (unpaired) electrons. The van der Waals surface area contributed by atoms with Gasteiger partial charge in [0.05, 0.1) is 13.2 Å². The van der Waals surface area contributed by atoms with Crippen molar-refractivity contribution in [1.82, 2.24) is 10.2 Å². The number of morpholine rings is 1. The molecule has 1 aliphatic rings. The molecule has 0 saturated carbocycles. The van der Waals surface area contributed by atoms with Crippen molar-refractivity contribution in [2.75, 3.05) is 39.9 Å². The Bertz CT molecular complexity index is 187. The van der Waals surface area contributed by atoms with Gasteiger partial charge in [0.1, 0.15) is 6.04 Å². The summed E-state index contributed by atoms with van der Waals surface area (Å²) in [6.45, 7) is 3.55. The summed E-state index contributed by atoms with van der Waals surface area (Å²) >= 11 is 0. The number of ether oxygens (including phenoxy) is 1. The Morgan fingerprint density at radius 3 is 3.14 bits per heavy atom. The number of carbonyl (C=O) groups excluding carboxylic acids is 1. The fraction of sp³-hybridized carbons (Fsp3) is 0.889. The SMILES string of the molecule is CNC(=O)C1COCCN1CCCN. The fourth-order valence-electron chi connectivity index (χ4n) is 1.61. The first-order valence-electron chi connectivity index (χ1n) is 5.03. The smallest absolute Gasteiger partial charge is 0.239 e. The van der Waals surface area contributed by atoms with Gasteiger partial charge < -0.3 is 15.8 Å². The Morgan fingerprint density at radius 2 is 2.50 bits per heavy atom. The van der Waals surface area contributed by atoms with E-state index in [2.05, 4.69) is 10.2 Å². The summed E-state index contributed by atoms with van der Waals surface area (Å²) in [5.74, 6) is 0.0294. The summed E-state index contributed by atoms with van der Waals surface area (Å²) < 4.78 is 5.28. The molecule has 1 heterocycles. The van der Waals surface area contributed by atoms with Gasteiger partial charge in [0.15, 0.2) is 0 Å². The maximum Gasteiger partial charge on any atom is 0.239 e. The summed E-state index contributed by atoms with van der Waals surface area (Å²) in [6.07, 6.45) is 0.924. The molecular weight excluding hydrogens is 182 g/mol. The summed E-state index contributed by atoms with van der Waals surface area (Å²) in [4.78, 5) is 13.6. The van der Waals surface area contributed by atoms with Crippen LogP contribution >= 0.6 is 0 Å². The predicted molar refractivity (Wildman–Crippen MR) is 53.9 cm³/mol. The highest BCUT2D eigenvalue weighted by atomic mass is 16.5. The van der Waals surface area contributed by atoms with Gasteiger partial charge in [-0.05, 0) is 13.0 Å². The van der Waals surface area contributed by atoms with E-state index in [1.54, 1.807) is 7.05 Å². The first kappa shape index (κ1) is 11.4. The van der Waals surface area contributed by atoms with E-state index in [1.807, 2.05) is 0 Å².